The lowest BCUT2D eigenvalue weighted by Crippen LogP contribution is -2.29. The Kier molecular flexibility index (Phi) is 9.01. The Morgan fingerprint density at radius 3 is 2.17 bits per heavy atom. The summed E-state index contributed by atoms with van der Waals surface area (Å²) in [4.78, 5) is 2.51. The van der Waals surface area contributed by atoms with Crippen molar-refractivity contribution in [2.45, 2.75) is 18.8 Å². The molecule has 1 aromatic carbocycles. The monoisotopic (exact) mass is 310 g/mol. The van der Waals surface area contributed by atoms with E-state index in [1.54, 1.807) is 0 Å². The summed E-state index contributed by atoms with van der Waals surface area (Å²) in [6, 6.07) is 8.08. The van der Waals surface area contributed by atoms with Crippen molar-refractivity contribution >= 4 is 36.4 Å². The lowest BCUT2D eigenvalue weighted by Gasteiger charge is -2.22. The lowest BCUT2D eigenvalue weighted by atomic mass is 9.99. The molecule has 5 heteroatoms. The first-order valence-corrected chi connectivity index (χ1v) is 6.35. The molecule has 1 aromatic rings. The number of hydrogen-bond donors (Lipinski definition) is 1. The highest BCUT2D eigenvalue weighted by atomic mass is 35.5. The highest BCUT2D eigenvalue weighted by Gasteiger charge is 2.17. The highest BCUT2D eigenvalue weighted by molar-refractivity contribution is 6.30. The van der Waals surface area contributed by atoms with E-state index >= 15 is 0 Å². The molecular weight excluding hydrogens is 291 g/mol. The molecule has 2 rings (SSSR count). The van der Waals surface area contributed by atoms with Crippen molar-refractivity contribution in [1.29, 1.82) is 0 Å². The molecule has 0 saturated carbocycles. The van der Waals surface area contributed by atoms with Crippen LogP contribution in [0, 0.1) is 0 Å². The number of nitrogens with zero attached hydrogens (tertiary/aromatic N) is 1. The normalized spacial score (nSPS) is 16.8. The Morgan fingerprint density at radius 1 is 1.11 bits per heavy atom. The molecule has 2 N–H and O–H groups in total. The molecule has 1 unspecified atom stereocenters. The standard InChI is InChI=1S/C13H19ClN2.2ClH/c14-13-5-3-11(4-6-13)12(9-15)10-16-7-1-2-8-16;;/h3-6,12H,1-2,7-10,15H2;2*1H. The average molecular weight is 312 g/mol. The van der Waals surface area contributed by atoms with Crippen LogP contribution in [0.3, 0.4) is 0 Å². The smallest absolute Gasteiger partial charge is 0.0406 e. The van der Waals surface area contributed by atoms with E-state index in [-0.39, 0.29) is 24.8 Å². The van der Waals surface area contributed by atoms with E-state index < -0.39 is 0 Å². The molecule has 0 spiro atoms. The number of halogens is 3. The topological polar surface area (TPSA) is 29.3 Å². The van der Waals surface area contributed by atoms with Crippen molar-refractivity contribution < 1.29 is 0 Å². The summed E-state index contributed by atoms with van der Waals surface area (Å²) in [5, 5.41) is 0.792. The SMILES string of the molecule is Cl.Cl.NCC(CN1CCCC1)c1ccc(Cl)cc1. The van der Waals surface area contributed by atoms with Gasteiger partial charge in [-0.25, -0.2) is 0 Å². The summed E-state index contributed by atoms with van der Waals surface area (Å²) in [6.07, 6.45) is 2.66. The zero-order chi connectivity index (χ0) is 11.4. The third-order valence-electron chi connectivity index (χ3n) is 3.30. The quantitative estimate of drug-likeness (QED) is 0.924. The molecule has 0 aliphatic carbocycles. The molecule has 2 nitrogen and oxygen atoms in total. The van der Waals surface area contributed by atoms with Crippen LogP contribution in [0.15, 0.2) is 24.3 Å². The number of hydrogen-bond acceptors (Lipinski definition) is 2. The molecule has 0 radical (unpaired) electrons. The van der Waals surface area contributed by atoms with Gasteiger partial charge in [0.2, 0.25) is 0 Å². The number of nitrogens with two attached hydrogens (primary N) is 1. The number of benzene rings is 1. The maximum Gasteiger partial charge on any atom is 0.0406 e. The Balaban J connectivity index is 0.00000144. The predicted molar refractivity (Wildman–Crippen MR) is 83.4 cm³/mol. The highest BCUT2D eigenvalue weighted by Crippen LogP contribution is 2.20. The zero-order valence-corrected chi connectivity index (χ0v) is 12.7. The predicted octanol–water partition coefficient (Wildman–Crippen LogP) is 3.32. The van der Waals surface area contributed by atoms with Gasteiger partial charge in [0, 0.05) is 24.0 Å². The summed E-state index contributed by atoms with van der Waals surface area (Å²) in [5.74, 6) is 0.440. The van der Waals surface area contributed by atoms with E-state index in [2.05, 4.69) is 17.0 Å². The Bertz CT molecular complexity index is 324. The molecule has 18 heavy (non-hydrogen) atoms. The van der Waals surface area contributed by atoms with Gasteiger partial charge in [-0.15, -0.1) is 24.8 Å². The second kappa shape index (κ2) is 9.00. The van der Waals surface area contributed by atoms with E-state index in [1.807, 2.05) is 12.1 Å². The van der Waals surface area contributed by atoms with Gasteiger partial charge in [-0.2, -0.15) is 0 Å². The molecule has 1 aliphatic rings. The van der Waals surface area contributed by atoms with Crippen molar-refractivity contribution in [3.63, 3.8) is 0 Å². The van der Waals surface area contributed by atoms with Gasteiger partial charge in [0.05, 0.1) is 0 Å². The summed E-state index contributed by atoms with van der Waals surface area (Å²) >= 11 is 5.89. The third-order valence-corrected chi connectivity index (χ3v) is 3.56. The maximum absolute atomic E-state index is 5.89. The van der Waals surface area contributed by atoms with E-state index in [0.29, 0.717) is 12.5 Å². The van der Waals surface area contributed by atoms with Crippen molar-refractivity contribution in [3.8, 4) is 0 Å². The third kappa shape index (κ3) is 4.94. The molecule has 104 valence electrons. The van der Waals surface area contributed by atoms with Gasteiger partial charge in [-0.3, -0.25) is 0 Å². The summed E-state index contributed by atoms with van der Waals surface area (Å²) in [5.41, 5.74) is 7.17. The van der Waals surface area contributed by atoms with E-state index in [1.165, 1.54) is 31.5 Å². The Hall–Kier alpha value is 0.01000. The van der Waals surface area contributed by atoms with Gasteiger partial charge in [0.15, 0.2) is 0 Å². The van der Waals surface area contributed by atoms with Crippen LogP contribution in [0.1, 0.15) is 24.3 Å². The van der Waals surface area contributed by atoms with Crippen LogP contribution >= 0.6 is 36.4 Å². The molecular formula is C13H21Cl3N2. The van der Waals surface area contributed by atoms with Crippen molar-refractivity contribution in [2.75, 3.05) is 26.2 Å². The van der Waals surface area contributed by atoms with Crippen LogP contribution in [0.2, 0.25) is 5.02 Å². The average Bonchev–Trinajstić information content (AvgIpc) is 2.80. The molecule has 0 aromatic heterocycles. The van der Waals surface area contributed by atoms with E-state index in [4.69, 9.17) is 17.3 Å². The molecule has 1 saturated heterocycles. The first-order valence-electron chi connectivity index (χ1n) is 5.97. The van der Waals surface area contributed by atoms with Gasteiger partial charge in [-0.05, 0) is 43.6 Å². The van der Waals surface area contributed by atoms with Crippen LogP contribution in [0.5, 0.6) is 0 Å². The van der Waals surface area contributed by atoms with Crippen LogP contribution < -0.4 is 5.73 Å². The molecule has 1 aliphatic heterocycles. The minimum atomic E-state index is 0. The molecule has 1 heterocycles. The number of rotatable bonds is 4. The Labute approximate surface area is 127 Å². The van der Waals surface area contributed by atoms with Crippen molar-refractivity contribution in [3.05, 3.63) is 34.9 Å². The second-order valence-corrected chi connectivity index (χ2v) is 4.93. The van der Waals surface area contributed by atoms with Crippen LogP contribution in [-0.2, 0) is 0 Å². The summed E-state index contributed by atoms with van der Waals surface area (Å²) in [7, 11) is 0. The van der Waals surface area contributed by atoms with Gasteiger partial charge in [0.1, 0.15) is 0 Å². The largest absolute Gasteiger partial charge is 0.330 e. The molecule has 1 fully saturated rings. The van der Waals surface area contributed by atoms with Crippen LogP contribution in [0.25, 0.3) is 0 Å². The van der Waals surface area contributed by atoms with E-state index in [0.717, 1.165) is 11.6 Å². The van der Waals surface area contributed by atoms with Crippen molar-refractivity contribution in [2.24, 2.45) is 5.73 Å². The van der Waals surface area contributed by atoms with Gasteiger partial charge < -0.3 is 10.6 Å². The first kappa shape index (κ1) is 18.0. The second-order valence-electron chi connectivity index (χ2n) is 4.49. The minimum absolute atomic E-state index is 0. The fourth-order valence-electron chi connectivity index (χ4n) is 2.33. The van der Waals surface area contributed by atoms with E-state index in [9.17, 15) is 0 Å². The fraction of sp³-hybridized carbons (Fsp3) is 0.538. The first-order chi connectivity index (χ1) is 7.79. The zero-order valence-electron chi connectivity index (χ0n) is 10.3. The molecule has 1 atom stereocenters. The van der Waals surface area contributed by atoms with Crippen LogP contribution in [-0.4, -0.2) is 31.1 Å². The maximum atomic E-state index is 5.89. The summed E-state index contributed by atoms with van der Waals surface area (Å²) in [6.45, 7) is 4.24. The van der Waals surface area contributed by atoms with Crippen LogP contribution in [0.4, 0.5) is 0 Å². The molecule has 0 amide bonds. The van der Waals surface area contributed by atoms with Gasteiger partial charge in [-0.1, -0.05) is 23.7 Å². The fourth-order valence-corrected chi connectivity index (χ4v) is 2.45. The Morgan fingerprint density at radius 2 is 1.67 bits per heavy atom. The minimum Gasteiger partial charge on any atom is -0.330 e. The molecule has 0 bridgehead atoms. The lowest BCUT2D eigenvalue weighted by molar-refractivity contribution is 0.315. The summed E-state index contributed by atoms with van der Waals surface area (Å²) < 4.78 is 0. The van der Waals surface area contributed by atoms with Crippen molar-refractivity contribution in [1.82, 2.24) is 4.90 Å². The van der Waals surface area contributed by atoms with Gasteiger partial charge in [0.25, 0.3) is 0 Å². The number of likely N-dealkylation sites (tertiary alicyclic amines) is 1. The van der Waals surface area contributed by atoms with Gasteiger partial charge >= 0.3 is 0 Å².